The first-order valence-corrected chi connectivity index (χ1v) is 6.53. The molecule has 0 bridgehead atoms. The van der Waals surface area contributed by atoms with Crippen molar-refractivity contribution in [3.05, 3.63) is 59.7 Å². The largest absolute Gasteiger partial charge is 0.508 e. The van der Waals surface area contributed by atoms with Crippen LogP contribution < -0.4 is 5.73 Å². The number of nitrogens with zero attached hydrogens (tertiary/aromatic N) is 1. The number of carbonyl (C=O) groups excluding carboxylic acids is 1. The SMILES string of the molecule is CCN(Cc1cccc(N)c1)C(=O)c1ccc(O)cc1. The van der Waals surface area contributed by atoms with Crippen LogP contribution >= 0.6 is 0 Å². The molecule has 0 aromatic heterocycles. The zero-order valence-corrected chi connectivity index (χ0v) is 11.4. The molecule has 0 aliphatic heterocycles. The second kappa shape index (κ2) is 6.10. The standard InChI is InChI=1S/C16H18N2O2/c1-2-18(11-12-4-3-5-14(17)10-12)16(20)13-6-8-15(19)9-7-13/h3-10,19H,2,11,17H2,1H3. The number of amides is 1. The molecule has 0 spiro atoms. The highest BCUT2D eigenvalue weighted by atomic mass is 16.3. The van der Waals surface area contributed by atoms with Gasteiger partial charge in [-0.15, -0.1) is 0 Å². The highest BCUT2D eigenvalue weighted by Crippen LogP contribution is 2.15. The van der Waals surface area contributed by atoms with E-state index in [9.17, 15) is 9.90 Å². The fraction of sp³-hybridized carbons (Fsp3) is 0.188. The average molecular weight is 270 g/mol. The number of rotatable bonds is 4. The van der Waals surface area contributed by atoms with E-state index in [2.05, 4.69) is 0 Å². The number of anilines is 1. The molecule has 4 heteroatoms. The number of carbonyl (C=O) groups is 1. The predicted octanol–water partition coefficient (Wildman–Crippen LogP) is 2.64. The molecule has 4 nitrogen and oxygen atoms in total. The zero-order valence-electron chi connectivity index (χ0n) is 11.4. The van der Waals surface area contributed by atoms with Crippen molar-refractivity contribution in [2.45, 2.75) is 13.5 Å². The van der Waals surface area contributed by atoms with E-state index in [0.29, 0.717) is 24.3 Å². The van der Waals surface area contributed by atoms with Crippen LogP contribution in [0, 0.1) is 0 Å². The topological polar surface area (TPSA) is 66.6 Å². The van der Waals surface area contributed by atoms with Gasteiger partial charge in [0.05, 0.1) is 0 Å². The molecular formula is C16H18N2O2. The van der Waals surface area contributed by atoms with Crippen LogP contribution in [0.15, 0.2) is 48.5 Å². The summed E-state index contributed by atoms with van der Waals surface area (Å²) in [5.74, 6) is 0.0929. The number of phenolic OH excluding ortho intramolecular Hbond substituents is 1. The van der Waals surface area contributed by atoms with E-state index in [1.54, 1.807) is 17.0 Å². The summed E-state index contributed by atoms with van der Waals surface area (Å²) in [6.07, 6.45) is 0. The Morgan fingerprint density at radius 2 is 1.90 bits per heavy atom. The lowest BCUT2D eigenvalue weighted by Crippen LogP contribution is -2.30. The molecule has 0 unspecified atom stereocenters. The Morgan fingerprint density at radius 1 is 1.20 bits per heavy atom. The Balaban J connectivity index is 2.15. The van der Waals surface area contributed by atoms with E-state index in [1.807, 2.05) is 31.2 Å². The first-order valence-electron chi connectivity index (χ1n) is 6.53. The lowest BCUT2D eigenvalue weighted by molar-refractivity contribution is 0.0752. The van der Waals surface area contributed by atoms with Crippen LogP contribution in [0.2, 0.25) is 0 Å². The summed E-state index contributed by atoms with van der Waals surface area (Å²) in [5.41, 5.74) is 8.00. The molecule has 0 radical (unpaired) electrons. The summed E-state index contributed by atoms with van der Waals surface area (Å²) in [7, 11) is 0. The van der Waals surface area contributed by atoms with Crippen LogP contribution in [-0.2, 0) is 6.54 Å². The lowest BCUT2D eigenvalue weighted by atomic mass is 10.1. The highest BCUT2D eigenvalue weighted by Gasteiger charge is 2.14. The maximum Gasteiger partial charge on any atom is 0.254 e. The van der Waals surface area contributed by atoms with Crippen molar-refractivity contribution >= 4 is 11.6 Å². The van der Waals surface area contributed by atoms with Gasteiger partial charge in [0.15, 0.2) is 0 Å². The molecule has 2 rings (SSSR count). The third-order valence-electron chi connectivity index (χ3n) is 3.11. The van der Waals surface area contributed by atoms with Gasteiger partial charge in [0, 0.05) is 24.3 Å². The average Bonchev–Trinajstić information content (AvgIpc) is 2.45. The fourth-order valence-electron chi connectivity index (χ4n) is 2.03. The molecule has 3 N–H and O–H groups in total. The van der Waals surface area contributed by atoms with E-state index in [-0.39, 0.29) is 11.7 Å². The van der Waals surface area contributed by atoms with Crippen LogP contribution in [-0.4, -0.2) is 22.5 Å². The summed E-state index contributed by atoms with van der Waals surface area (Å²) < 4.78 is 0. The minimum Gasteiger partial charge on any atom is -0.508 e. The second-order valence-electron chi connectivity index (χ2n) is 4.61. The van der Waals surface area contributed by atoms with Crippen molar-refractivity contribution in [1.82, 2.24) is 4.90 Å². The quantitative estimate of drug-likeness (QED) is 0.839. The van der Waals surface area contributed by atoms with Crippen molar-refractivity contribution in [2.75, 3.05) is 12.3 Å². The van der Waals surface area contributed by atoms with Gasteiger partial charge in [-0.2, -0.15) is 0 Å². The van der Waals surface area contributed by atoms with Crippen LogP contribution in [0.1, 0.15) is 22.8 Å². The Kier molecular flexibility index (Phi) is 4.25. The fourth-order valence-corrected chi connectivity index (χ4v) is 2.03. The number of aromatic hydroxyl groups is 1. The summed E-state index contributed by atoms with van der Waals surface area (Å²) in [5, 5.41) is 9.26. The molecular weight excluding hydrogens is 252 g/mol. The monoisotopic (exact) mass is 270 g/mol. The van der Waals surface area contributed by atoms with E-state index in [1.165, 1.54) is 12.1 Å². The Morgan fingerprint density at radius 3 is 2.50 bits per heavy atom. The molecule has 0 atom stereocenters. The highest BCUT2D eigenvalue weighted by molar-refractivity contribution is 5.94. The summed E-state index contributed by atoms with van der Waals surface area (Å²) in [4.78, 5) is 14.1. The van der Waals surface area contributed by atoms with E-state index in [4.69, 9.17) is 5.73 Å². The predicted molar refractivity (Wildman–Crippen MR) is 79.4 cm³/mol. The van der Waals surface area contributed by atoms with Crippen LogP contribution in [0.3, 0.4) is 0 Å². The summed E-state index contributed by atoms with van der Waals surface area (Å²) in [6.45, 7) is 3.06. The van der Waals surface area contributed by atoms with Gasteiger partial charge >= 0.3 is 0 Å². The van der Waals surface area contributed by atoms with Crippen LogP contribution in [0.4, 0.5) is 5.69 Å². The van der Waals surface area contributed by atoms with Gasteiger partial charge in [-0.1, -0.05) is 12.1 Å². The number of benzene rings is 2. The molecule has 0 saturated carbocycles. The van der Waals surface area contributed by atoms with Crippen molar-refractivity contribution < 1.29 is 9.90 Å². The van der Waals surface area contributed by atoms with Crippen molar-refractivity contribution in [2.24, 2.45) is 0 Å². The lowest BCUT2D eigenvalue weighted by Gasteiger charge is -2.21. The first-order chi connectivity index (χ1) is 9.60. The third kappa shape index (κ3) is 3.29. The van der Waals surface area contributed by atoms with Gasteiger partial charge in [-0.05, 0) is 48.9 Å². The molecule has 20 heavy (non-hydrogen) atoms. The van der Waals surface area contributed by atoms with E-state index >= 15 is 0 Å². The van der Waals surface area contributed by atoms with Gasteiger partial charge in [0.2, 0.25) is 0 Å². The Hall–Kier alpha value is -2.49. The molecule has 104 valence electrons. The molecule has 0 fully saturated rings. The first kappa shape index (κ1) is 13.9. The number of hydrogen-bond donors (Lipinski definition) is 2. The minimum atomic E-state index is -0.0603. The van der Waals surface area contributed by atoms with Gasteiger partial charge in [-0.25, -0.2) is 0 Å². The maximum atomic E-state index is 12.4. The molecule has 2 aromatic rings. The molecule has 0 aliphatic rings. The molecule has 1 amide bonds. The van der Waals surface area contributed by atoms with E-state index in [0.717, 1.165) is 5.56 Å². The summed E-state index contributed by atoms with van der Waals surface area (Å²) in [6, 6.07) is 13.8. The number of nitrogen functional groups attached to an aromatic ring is 1. The zero-order chi connectivity index (χ0) is 14.5. The van der Waals surface area contributed by atoms with Crippen molar-refractivity contribution in [3.8, 4) is 5.75 Å². The minimum absolute atomic E-state index is 0.0603. The van der Waals surface area contributed by atoms with Crippen molar-refractivity contribution in [3.63, 3.8) is 0 Å². The number of phenols is 1. The van der Waals surface area contributed by atoms with Crippen molar-refractivity contribution in [1.29, 1.82) is 0 Å². The van der Waals surface area contributed by atoms with Gasteiger partial charge in [0.1, 0.15) is 5.75 Å². The summed E-state index contributed by atoms with van der Waals surface area (Å²) >= 11 is 0. The Labute approximate surface area is 118 Å². The molecule has 0 heterocycles. The van der Waals surface area contributed by atoms with Gasteiger partial charge in [-0.3, -0.25) is 4.79 Å². The smallest absolute Gasteiger partial charge is 0.254 e. The third-order valence-corrected chi connectivity index (χ3v) is 3.11. The van der Waals surface area contributed by atoms with Gasteiger partial charge < -0.3 is 15.7 Å². The number of nitrogens with two attached hydrogens (primary N) is 1. The van der Waals surface area contributed by atoms with Crippen LogP contribution in [0.25, 0.3) is 0 Å². The van der Waals surface area contributed by atoms with E-state index < -0.39 is 0 Å². The Bertz CT molecular complexity index is 594. The maximum absolute atomic E-state index is 12.4. The normalized spacial score (nSPS) is 10.2. The second-order valence-corrected chi connectivity index (χ2v) is 4.61. The molecule has 0 aliphatic carbocycles. The molecule has 0 saturated heterocycles. The number of hydrogen-bond acceptors (Lipinski definition) is 3. The molecule has 2 aromatic carbocycles. The van der Waals surface area contributed by atoms with Crippen LogP contribution in [0.5, 0.6) is 5.75 Å². The van der Waals surface area contributed by atoms with Gasteiger partial charge in [0.25, 0.3) is 5.91 Å².